The van der Waals surface area contributed by atoms with E-state index in [1.165, 1.54) is 5.69 Å². The van der Waals surface area contributed by atoms with Crippen molar-refractivity contribution in [2.75, 3.05) is 30.8 Å². The molecular formula is C14H21FN2S. The highest BCUT2D eigenvalue weighted by atomic mass is 32.2. The van der Waals surface area contributed by atoms with Crippen molar-refractivity contribution in [3.8, 4) is 0 Å². The molecule has 0 aromatic heterocycles. The number of halogens is 1. The topological polar surface area (TPSA) is 15.3 Å². The van der Waals surface area contributed by atoms with Crippen LogP contribution < -0.4 is 10.2 Å². The van der Waals surface area contributed by atoms with Crippen LogP contribution in [0.25, 0.3) is 0 Å². The number of thioether (sulfide) groups is 1. The van der Waals surface area contributed by atoms with Crippen molar-refractivity contribution in [1.82, 2.24) is 5.32 Å². The van der Waals surface area contributed by atoms with E-state index in [4.69, 9.17) is 0 Å². The second-order valence-corrected chi connectivity index (χ2v) is 7.14. The van der Waals surface area contributed by atoms with E-state index in [2.05, 4.69) is 24.1 Å². The van der Waals surface area contributed by atoms with Gasteiger partial charge >= 0.3 is 0 Å². The molecule has 1 heterocycles. The third kappa shape index (κ3) is 3.18. The molecule has 1 fully saturated rings. The Balaban J connectivity index is 2.26. The molecule has 18 heavy (non-hydrogen) atoms. The van der Waals surface area contributed by atoms with E-state index in [9.17, 15) is 4.39 Å². The van der Waals surface area contributed by atoms with E-state index in [0.29, 0.717) is 6.54 Å². The molecule has 0 spiro atoms. The average Bonchev–Trinajstić information content (AvgIpc) is 2.28. The minimum atomic E-state index is -0.158. The average molecular weight is 268 g/mol. The minimum absolute atomic E-state index is 0.158. The maximum atomic E-state index is 13.3. The molecule has 0 amide bonds. The fourth-order valence-corrected chi connectivity index (χ4v) is 3.53. The summed E-state index contributed by atoms with van der Waals surface area (Å²) in [6.07, 6.45) is 0. The van der Waals surface area contributed by atoms with E-state index >= 15 is 0 Å². The monoisotopic (exact) mass is 268 g/mol. The molecule has 0 aliphatic carbocycles. The molecule has 0 atom stereocenters. The van der Waals surface area contributed by atoms with Gasteiger partial charge in [-0.2, -0.15) is 11.8 Å². The molecule has 2 rings (SSSR count). The van der Waals surface area contributed by atoms with Crippen LogP contribution in [-0.2, 0) is 6.54 Å². The summed E-state index contributed by atoms with van der Waals surface area (Å²) in [6, 6.07) is 5.11. The van der Waals surface area contributed by atoms with Gasteiger partial charge in [-0.3, -0.25) is 0 Å². The van der Waals surface area contributed by atoms with E-state index < -0.39 is 0 Å². The molecule has 0 saturated carbocycles. The normalized spacial score (nSPS) is 19.0. The standard InChI is InChI=1S/C14H21FN2S/c1-14(2)10-17(6-7-18-14)13-5-4-12(15)8-11(13)9-16-3/h4-5,8,16H,6-7,9-10H2,1-3H3. The summed E-state index contributed by atoms with van der Waals surface area (Å²) in [5, 5.41) is 3.11. The van der Waals surface area contributed by atoms with Gasteiger partial charge in [0.05, 0.1) is 0 Å². The lowest BCUT2D eigenvalue weighted by molar-refractivity contribution is 0.618. The Morgan fingerprint density at radius 2 is 2.22 bits per heavy atom. The van der Waals surface area contributed by atoms with Gasteiger partial charge in [0.15, 0.2) is 0 Å². The number of benzene rings is 1. The lowest BCUT2D eigenvalue weighted by Crippen LogP contribution is -2.43. The summed E-state index contributed by atoms with van der Waals surface area (Å²) in [5.74, 6) is 0.971. The number of nitrogens with one attached hydrogen (secondary N) is 1. The lowest BCUT2D eigenvalue weighted by Gasteiger charge is -2.39. The Morgan fingerprint density at radius 1 is 1.44 bits per heavy atom. The molecule has 1 saturated heterocycles. The van der Waals surface area contributed by atoms with Crippen molar-refractivity contribution in [3.05, 3.63) is 29.6 Å². The molecule has 1 aromatic carbocycles. The zero-order valence-corrected chi connectivity index (χ0v) is 12.1. The quantitative estimate of drug-likeness (QED) is 0.907. The summed E-state index contributed by atoms with van der Waals surface area (Å²) in [5.41, 5.74) is 2.21. The van der Waals surface area contributed by atoms with Gasteiger partial charge in [0.2, 0.25) is 0 Å². The maximum Gasteiger partial charge on any atom is 0.123 e. The minimum Gasteiger partial charge on any atom is -0.369 e. The Bertz CT molecular complexity index is 420. The van der Waals surface area contributed by atoms with E-state index in [1.54, 1.807) is 12.1 Å². The number of hydrogen-bond donors (Lipinski definition) is 1. The highest BCUT2D eigenvalue weighted by Gasteiger charge is 2.28. The van der Waals surface area contributed by atoms with Gasteiger partial charge < -0.3 is 10.2 Å². The van der Waals surface area contributed by atoms with Crippen LogP contribution in [0.4, 0.5) is 10.1 Å². The van der Waals surface area contributed by atoms with Gasteiger partial charge in [-0.1, -0.05) is 0 Å². The molecule has 0 unspecified atom stereocenters. The molecule has 1 aliphatic rings. The van der Waals surface area contributed by atoms with Gasteiger partial charge in [-0.25, -0.2) is 4.39 Å². The molecule has 4 heteroatoms. The second kappa shape index (κ2) is 5.49. The number of nitrogens with zero attached hydrogens (tertiary/aromatic N) is 1. The van der Waals surface area contributed by atoms with E-state index in [0.717, 1.165) is 24.4 Å². The van der Waals surface area contributed by atoms with Crippen LogP contribution in [0.5, 0.6) is 0 Å². The van der Waals surface area contributed by atoms with Crippen LogP contribution in [-0.4, -0.2) is 30.6 Å². The van der Waals surface area contributed by atoms with E-state index in [1.807, 2.05) is 24.9 Å². The summed E-state index contributed by atoms with van der Waals surface area (Å²) in [7, 11) is 1.89. The smallest absolute Gasteiger partial charge is 0.123 e. The van der Waals surface area contributed by atoms with Crippen LogP contribution in [0.15, 0.2) is 18.2 Å². The predicted octanol–water partition coefficient (Wildman–Crippen LogP) is 2.88. The molecule has 0 bridgehead atoms. The van der Waals surface area contributed by atoms with Crippen molar-refractivity contribution in [1.29, 1.82) is 0 Å². The Kier molecular flexibility index (Phi) is 4.17. The summed E-state index contributed by atoms with van der Waals surface area (Å²) in [6.45, 7) is 7.30. The first-order valence-electron chi connectivity index (χ1n) is 6.34. The number of hydrogen-bond acceptors (Lipinski definition) is 3. The van der Waals surface area contributed by atoms with Crippen molar-refractivity contribution >= 4 is 17.4 Å². The highest BCUT2D eigenvalue weighted by Crippen LogP contribution is 2.33. The maximum absolute atomic E-state index is 13.3. The lowest BCUT2D eigenvalue weighted by atomic mass is 10.1. The first-order chi connectivity index (χ1) is 8.52. The number of anilines is 1. The molecule has 1 N–H and O–H groups in total. The fourth-order valence-electron chi connectivity index (χ4n) is 2.42. The van der Waals surface area contributed by atoms with E-state index in [-0.39, 0.29) is 10.6 Å². The molecule has 1 aliphatic heterocycles. The van der Waals surface area contributed by atoms with Gasteiger partial charge in [-0.15, -0.1) is 0 Å². The van der Waals surface area contributed by atoms with Crippen LogP contribution >= 0.6 is 11.8 Å². The van der Waals surface area contributed by atoms with Gasteiger partial charge in [0.25, 0.3) is 0 Å². The Labute approximate surface area is 113 Å². The molecular weight excluding hydrogens is 247 g/mol. The second-order valence-electron chi connectivity index (χ2n) is 5.33. The zero-order chi connectivity index (χ0) is 13.2. The fraction of sp³-hybridized carbons (Fsp3) is 0.571. The van der Waals surface area contributed by atoms with Crippen molar-refractivity contribution in [2.45, 2.75) is 25.1 Å². The largest absolute Gasteiger partial charge is 0.369 e. The molecule has 1 aromatic rings. The number of rotatable bonds is 3. The first kappa shape index (κ1) is 13.7. The SMILES string of the molecule is CNCc1cc(F)ccc1N1CCSC(C)(C)C1. The summed E-state index contributed by atoms with van der Waals surface area (Å²) < 4.78 is 13.6. The first-order valence-corrected chi connectivity index (χ1v) is 7.32. The summed E-state index contributed by atoms with van der Waals surface area (Å²) in [4.78, 5) is 2.38. The predicted molar refractivity (Wildman–Crippen MR) is 77.9 cm³/mol. The highest BCUT2D eigenvalue weighted by molar-refractivity contribution is 8.00. The van der Waals surface area contributed by atoms with Crippen molar-refractivity contribution in [3.63, 3.8) is 0 Å². The van der Waals surface area contributed by atoms with Crippen LogP contribution in [0.1, 0.15) is 19.4 Å². The van der Waals surface area contributed by atoms with Crippen LogP contribution in [0.2, 0.25) is 0 Å². The summed E-state index contributed by atoms with van der Waals surface area (Å²) >= 11 is 2.01. The van der Waals surface area contributed by atoms with Gasteiger partial charge in [0, 0.05) is 35.8 Å². The van der Waals surface area contributed by atoms with Gasteiger partial charge in [0.1, 0.15) is 5.82 Å². The van der Waals surface area contributed by atoms with Crippen molar-refractivity contribution in [2.24, 2.45) is 0 Å². The van der Waals surface area contributed by atoms with Crippen LogP contribution in [0, 0.1) is 5.82 Å². The zero-order valence-electron chi connectivity index (χ0n) is 11.3. The Morgan fingerprint density at radius 3 is 2.89 bits per heavy atom. The van der Waals surface area contributed by atoms with Gasteiger partial charge in [-0.05, 0) is 44.7 Å². The molecule has 100 valence electrons. The molecule has 0 radical (unpaired) electrons. The third-order valence-corrected chi connectivity index (χ3v) is 4.47. The molecule has 2 nitrogen and oxygen atoms in total. The Hall–Kier alpha value is -0.740. The van der Waals surface area contributed by atoms with Crippen molar-refractivity contribution < 1.29 is 4.39 Å². The van der Waals surface area contributed by atoms with Crippen LogP contribution in [0.3, 0.4) is 0 Å². The third-order valence-electron chi connectivity index (χ3n) is 3.18.